The second-order valence-corrected chi connectivity index (χ2v) is 5.29. The van der Waals surface area contributed by atoms with E-state index in [2.05, 4.69) is 10.3 Å². The number of carbonyl (C=O) groups excluding carboxylic acids is 1. The van der Waals surface area contributed by atoms with Gasteiger partial charge in [0.25, 0.3) is 5.91 Å². The molecule has 0 saturated heterocycles. The second kappa shape index (κ2) is 5.05. The van der Waals surface area contributed by atoms with E-state index in [4.69, 9.17) is 0 Å². The Morgan fingerprint density at radius 2 is 1.76 bits per heavy atom. The van der Waals surface area contributed by atoms with E-state index < -0.39 is 0 Å². The van der Waals surface area contributed by atoms with E-state index in [0.717, 1.165) is 28.2 Å². The third-order valence-corrected chi connectivity index (χ3v) is 3.55. The normalized spacial score (nSPS) is 10.8. The minimum atomic E-state index is -0.111. The standard InChI is InChI=1S/C17H17N3O/c1-11-5-4-6-12(2)16(11)19-17(21)14-7-8-15-18-13(3)9-20(15)10-14/h4-10H,1-3H3,(H,19,21). The van der Waals surface area contributed by atoms with Crippen molar-refractivity contribution in [3.8, 4) is 0 Å². The Morgan fingerprint density at radius 3 is 2.48 bits per heavy atom. The van der Waals surface area contributed by atoms with Crippen molar-refractivity contribution in [2.45, 2.75) is 20.8 Å². The van der Waals surface area contributed by atoms with Gasteiger partial charge in [-0.1, -0.05) is 18.2 Å². The first kappa shape index (κ1) is 13.4. The number of amides is 1. The lowest BCUT2D eigenvalue weighted by Gasteiger charge is -2.11. The third-order valence-electron chi connectivity index (χ3n) is 3.55. The fourth-order valence-corrected chi connectivity index (χ4v) is 2.45. The molecule has 4 heteroatoms. The van der Waals surface area contributed by atoms with E-state index >= 15 is 0 Å². The lowest BCUT2D eigenvalue weighted by Crippen LogP contribution is -2.14. The average Bonchev–Trinajstić information content (AvgIpc) is 2.81. The Labute approximate surface area is 123 Å². The molecule has 0 aliphatic rings. The summed E-state index contributed by atoms with van der Waals surface area (Å²) in [5.41, 5.74) is 5.39. The molecule has 1 aromatic carbocycles. The number of benzene rings is 1. The zero-order valence-electron chi connectivity index (χ0n) is 12.3. The number of hydrogen-bond acceptors (Lipinski definition) is 2. The predicted octanol–water partition coefficient (Wildman–Crippen LogP) is 3.51. The van der Waals surface area contributed by atoms with Crippen LogP contribution in [0.25, 0.3) is 5.65 Å². The summed E-state index contributed by atoms with van der Waals surface area (Å²) in [5.74, 6) is -0.111. The molecule has 3 aromatic rings. The van der Waals surface area contributed by atoms with Gasteiger partial charge in [0.05, 0.1) is 11.3 Å². The lowest BCUT2D eigenvalue weighted by atomic mass is 10.1. The van der Waals surface area contributed by atoms with Crippen LogP contribution in [0.3, 0.4) is 0 Å². The van der Waals surface area contributed by atoms with Crippen LogP contribution in [0.2, 0.25) is 0 Å². The van der Waals surface area contributed by atoms with Crippen molar-refractivity contribution < 1.29 is 4.79 Å². The number of rotatable bonds is 2. The average molecular weight is 279 g/mol. The molecule has 4 nitrogen and oxygen atoms in total. The van der Waals surface area contributed by atoms with Crippen LogP contribution in [0.15, 0.2) is 42.7 Å². The summed E-state index contributed by atoms with van der Waals surface area (Å²) in [5, 5.41) is 2.99. The minimum absolute atomic E-state index is 0.111. The highest BCUT2D eigenvalue weighted by molar-refractivity contribution is 6.05. The monoisotopic (exact) mass is 279 g/mol. The molecule has 2 aromatic heterocycles. The van der Waals surface area contributed by atoms with Gasteiger partial charge in [0.1, 0.15) is 5.65 Å². The summed E-state index contributed by atoms with van der Waals surface area (Å²) in [6, 6.07) is 9.62. The first-order chi connectivity index (χ1) is 10.0. The molecule has 106 valence electrons. The van der Waals surface area contributed by atoms with Crippen LogP contribution in [-0.4, -0.2) is 15.3 Å². The largest absolute Gasteiger partial charge is 0.321 e. The second-order valence-electron chi connectivity index (χ2n) is 5.29. The highest BCUT2D eigenvalue weighted by atomic mass is 16.1. The molecule has 0 atom stereocenters. The maximum Gasteiger partial charge on any atom is 0.257 e. The summed E-state index contributed by atoms with van der Waals surface area (Å²) >= 11 is 0. The smallest absolute Gasteiger partial charge is 0.257 e. The van der Waals surface area contributed by atoms with Crippen molar-refractivity contribution in [1.29, 1.82) is 0 Å². The number of aromatic nitrogens is 2. The number of para-hydroxylation sites is 1. The molecule has 0 spiro atoms. The van der Waals surface area contributed by atoms with Crippen molar-refractivity contribution in [3.05, 3.63) is 65.1 Å². The van der Waals surface area contributed by atoms with Crippen LogP contribution >= 0.6 is 0 Å². The van der Waals surface area contributed by atoms with Crippen LogP contribution < -0.4 is 5.32 Å². The Bertz CT molecular complexity index is 813. The number of nitrogens with one attached hydrogen (secondary N) is 1. The van der Waals surface area contributed by atoms with Gasteiger partial charge >= 0.3 is 0 Å². The van der Waals surface area contributed by atoms with E-state index in [1.807, 2.05) is 55.6 Å². The van der Waals surface area contributed by atoms with Gasteiger partial charge in [0.15, 0.2) is 0 Å². The summed E-state index contributed by atoms with van der Waals surface area (Å²) in [6.07, 6.45) is 3.71. The predicted molar refractivity (Wildman–Crippen MR) is 83.8 cm³/mol. The molecule has 0 saturated carbocycles. The molecule has 0 bridgehead atoms. The van der Waals surface area contributed by atoms with Gasteiger partial charge in [0, 0.05) is 18.1 Å². The SMILES string of the molecule is Cc1cn2cc(C(=O)Nc3c(C)cccc3C)ccc2n1. The number of aryl methyl sites for hydroxylation is 3. The fraction of sp³-hybridized carbons (Fsp3) is 0.176. The van der Waals surface area contributed by atoms with Gasteiger partial charge in [-0.15, -0.1) is 0 Å². The summed E-state index contributed by atoms with van der Waals surface area (Å²) < 4.78 is 1.87. The third kappa shape index (κ3) is 2.52. The topological polar surface area (TPSA) is 46.4 Å². The molecule has 2 heterocycles. The molecule has 0 radical (unpaired) electrons. The van der Waals surface area contributed by atoms with Crippen molar-refractivity contribution in [1.82, 2.24) is 9.38 Å². The lowest BCUT2D eigenvalue weighted by molar-refractivity contribution is 0.102. The molecule has 1 N–H and O–H groups in total. The zero-order chi connectivity index (χ0) is 15.0. The van der Waals surface area contributed by atoms with Crippen LogP contribution in [-0.2, 0) is 0 Å². The molecule has 0 unspecified atom stereocenters. The summed E-state index contributed by atoms with van der Waals surface area (Å²) in [6.45, 7) is 5.92. The highest BCUT2D eigenvalue weighted by Gasteiger charge is 2.10. The van der Waals surface area contributed by atoms with Crippen LogP contribution in [0.5, 0.6) is 0 Å². The number of anilines is 1. The molecule has 1 amide bonds. The van der Waals surface area contributed by atoms with Crippen LogP contribution in [0.4, 0.5) is 5.69 Å². The molecule has 21 heavy (non-hydrogen) atoms. The summed E-state index contributed by atoms with van der Waals surface area (Å²) in [7, 11) is 0. The first-order valence-corrected chi connectivity index (χ1v) is 6.87. The molecule has 3 rings (SSSR count). The van der Waals surface area contributed by atoms with E-state index in [9.17, 15) is 4.79 Å². The zero-order valence-corrected chi connectivity index (χ0v) is 12.3. The minimum Gasteiger partial charge on any atom is -0.321 e. The maximum absolute atomic E-state index is 12.4. The summed E-state index contributed by atoms with van der Waals surface area (Å²) in [4.78, 5) is 16.8. The maximum atomic E-state index is 12.4. The van der Waals surface area contributed by atoms with Crippen LogP contribution in [0.1, 0.15) is 27.2 Å². The van der Waals surface area contributed by atoms with Gasteiger partial charge < -0.3 is 9.72 Å². The molecular weight excluding hydrogens is 262 g/mol. The van der Waals surface area contributed by atoms with Gasteiger partial charge in [-0.25, -0.2) is 4.98 Å². The number of hydrogen-bond donors (Lipinski definition) is 1. The molecule has 0 aliphatic heterocycles. The molecule has 0 aliphatic carbocycles. The van der Waals surface area contributed by atoms with E-state index in [-0.39, 0.29) is 5.91 Å². The highest BCUT2D eigenvalue weighted by Crippen LogP contribution is 2.20. The fourth-order valence-electron chi connectivity index (χ4n) is 2.45. The number of nitrogens with zero attached hydrogens (tertiary/aromatic N) is 2. The number of carbonyl (C=O) groups is 1. The number of imidazole rings is 1. The quantitative estimate of drug-likeness (QED) is 0.780. The van der Waals surface area contributed by atoms with Crippen molar-refractivity contribution >= 4 is 17.2 Å². The Morgan fingerprint density at radius 1 is 1.05 bits per heavy atom. The van der Waals surface area contributed by atoms with E-state index in [0.29, 0.717) is 5.56 Å². The molecular formula is C17H17N3O. The van der Waals surface area contributed by atoms with Gasteiger partial charge in [-0.2, -0.15) is 0 Å². The van der Waals surface area contributed by atoms with E-state index in [1.165, 1.54) is 0 Å². The first-order valence-electron chi connectivity index (χ1n) is 6.87. The van der Waals surface area contributed by atoms with Crippen molar-refractivity contribution in [2.24, 2.45) is 0 Å². The number of fused-ring (bicyclic) bond motifs is 1. The van der Waals surface area contributed by atoms with Crippen molar-refractivity contribution in [3.63, 3.8) is 0 Å². The Kier molecular flexibility index (Phi) is 3.22. The molecule has 0 fully saturated rings. The Balaban J connectivity index is 1.93. The van der Waals surface area contributed by atoms with Crippen molar-refractivity contribution in [2.75, 3.05) is 5.32 Å². The van der Waals surface area contributed by atoms with Gasteiger partial charge in [-0.3, -0.25) is 4.79 Å². The van der Waals surface area contributed by atoms with Crippen LogP contribution in [0, 0.1) is 20.8 Å². The van der Waals surface area contributed by atoms with Gasteiger partial charge in [-0.05, 0) is 44.0 Å². The Hall–Kier alpha value is -2.62. The van der Waals surface area contributed by atoms with Gasteiger partial charge in [0.2, 0.25) is 0 Å². The number of pyridine rings is 1. The van der Waals surface area contributed by atoms with E-state index in [1.54, 1.807) is 12.3 Å².